The molecule has 0 aromatic heterocycles. The summed E-state index contributed by atoms with van der Waals surface area (Å²) >= 11 is 0. The van der Waals surface area contributed by atoms with E-state index >= 15 is 0 Å². The van der Waals surface area contributed by atoms with E-state index in [2.05, 4.69) is 98.9 Å². The standard InChI is InChI=1S/C68H122NO8P/c1-3-5-7-9-11-13-15-17-19-21-23-25-27-29-31-32-33-34-35-37-39-41-43-45-47-49-51-53-55-57-59-61-68(71)77-66(65-76-78(72,73)75-63-62-69)64-74-67(70)60-58-56-54-52-50-48-46-44-42-40-38-36-30-28-26-24-22-20-18-16-14-12-10-8-6-4-2/h5,7,11,13,17,19,23,25,29,31,33-34,37,39,66H,3-4,6,8-10,12,14-16,18,20-22,24,26-28,30,32,35-36,38,40-65,69H2,1-2H3,(H,72,73)/b7-5-,13-11-,19-17-,25-23-,31-29-,34-33-,39-37-. The number of ether oxygens (including phenoxy) is 2. The van der Waals surface area contributed by atoms with Crippen LogP contribution in [0.15, 0.2) is 85.1 Å². The molecule has 0 aliphatic carbocycles. The molecule has 0 aliphatic rings. The molecule has 0 rings (SSSR count). The number of esters is 2. The topological polar surface area (TPSA) is 134 Å². The number of phosphoric ester groups is 1. The van der Waals surface area contributed by atoms with Gasteiger partial charge >= 0.3 is 19.8 Å². The Morgan fingerprint density at radius 1 is 0.397 bits per heavy atom. The molecule has 452 valence electrons. The van der Waals surface area contributed by atoms with Crippen LogP contribution in [-0.2, 0) is 32.7 Å². The predicted octanol–water partition coefficient (Wildman–Crippen LogP) is 21.0. The molecule has 0 heterocycles. The fraction of sp³-hybridized carbons (Fsp3) is 0.765. The molecule has 0 aromatic rings. The molecule has 0 saturated carbocycles. The first-order valence-corrected chi connectivity index (χ1v) is 34.1. The van der Waals surface area contributed by atoms with E-state index in [4.69, 9.17) is 24.3 Å². The number of unbranched alkanes of at least 4 members (excludes halogenated alkanes) is 34. The van der Waals surface area contributed by atoms with Crippen LogP contribution in [0.4, 0.5) is 0 Å². The summed E-state index contributed by atoms with van der Waals surface area (Å²) in [5.41, 5.74) is 5.39. The van der Waals surface area contributed by atoms with Gasteiger partial charge in [-0.25, -0.2) is 4.57 Å². The number of hydrogen-bond donors (Lipinski definition) is 2. The Balaban J connectivity index is 3.94. The van der Waals surface area contributed by atoms with Crippen molar-refractivity contribution in [1.82, 2.24) is 0 Å². The van der Waals surface area contributed by atoms with Crippen LogP contribution in [0.1, 0.15) is 303 Å². The fourth-order valence-electron chi connectivity index (χ4n) is 9.27. The van der Waals surface area contributed by atoms with Gasteiger partial charge in [0.05, 0.1) is 13.2 Å². The third-order valence-electron chi connectivity index (χ3n) is 14.0. The van der Waals surface area contributed by atoms with E-state index in [0.29, 0.717) is 6.42 Å². The van der Waals surface area contributed by atoms with E-state index < -0.39 is 26.5 Å². The summed E-state index contributed by atoms with van der Waals surface area (Å²) in [7, 11) is -4.40. The minimum absolute atomic E-state index is 0.0503. The van der Waals surface area contributed by atoms with Gasteiger partial charge in [-0.05, 0) is 70.6 Å². The molecule has 78 heavy (non-hydrogen) atoms. The molecule has 2 unspecified atom stereocenters. The van der Waals surface area contributed by atoms with Crippen molar-refractivity contribution in [3.8, 4) is 0 Å². The number of rotatable bonds is 61. The zero-order valence-electron chi connectivity index (χ0n) is 50.6. The first-order chi connectivity index (χ1) is 38.3. The Labute approximate surface area is 481 Å². The molecule has 0 aromatic carbocycles. The van der Waals surface area contributed by atoms with Gasteiger partial charge in [0, 0.05) is 19.4 Å². The lowest BCUT2D eigenvalue weighted by molar-refractivity contribution is -0.161. The van der Waals surface area contributed by atoms with Crippen molar-refractivity contribution in [2.24, 2.45) is 5.73 Å². The average Bonchev–Trinajstić information content (AvgIpc) is 3.43. The van der Waals surface area contributed by atoms with Crippen molar-refractivity contribution in [3.63, 3.8) is 0 Å². The number of phosphoric acid groups is 1. The van der Waals surface area contributed by atoms with E-state index in [9.17, 15) is 19.0 Å². The molecule has 0 fully saturated rings. The SMILES string of the molecule is CC/C=C\C/C=C\C/C=C\C/C=C\C/C=C\C/C=C\C/C=C\CCCCCCCCCCCC(=O)OC(COC(=O)CCCCCCCCCCCCCCCCCCCCCCCCCCCC)COP(=O)(O)OCCN. The second kappa shape index (κ2) is 63.4. The number of nitrogens with two attached hydrogens (primary N) is 1. The van der Waals surface area contributed by atoms with E-state index in [1.165, 1.54) is 180 Å². The zero-order chi connectivity index (χ0) is 56.6. The zero-order valence-corrected chi connectivity index (χ0v) is 51.5. The maximum Gasteiger partial charge on any atom is 0.472 e. The molecule has 2 atom stereocenters. The highest BCUT2D eigenvalue weighted by Crippen LogP contribution is 2.43. The second-order valence-corrected chi connectivity index (χ2v) is 23.1. The Hall–Kier alpha value is -2.81. The summed E-state index contributed by atoms with van der Waals surface area (Å²) < 4.78 is 33.1. The van der Waals surface area contributed by atoms with E-state index in [-0.39, 0.29) is 38.6 Å². The molecule has 0 radical (unpaired) electrons. The van der Waals surface area contributed by atoms with Crippen molar-refractivity contribution in [2.45, 2.75) is 309 Å². The second-order valence-electron chi connectivity index (χ2n) is 21.6. The molecule has 0 bridgehead atoms. The number of hydrogen-bond acceptors (Lipinski definition) is 8. The van der Waals surface area contributed by atoms with Gasteiger partial charge in [0.25, 0.3) is 0 Å². The van der Waals surface area contributed by atoms with E-state index in [1.54, 1.807) is 0 Å². The summed E-state index contributed by atoms with van der Waals surface area (Å²) in [6.45, 7) is 3.66. The largest absolute Gasteiger partial charge is 0.472 e. The van der Waals surface area contributed by atoms with Crippen molar-refractivity contribution < 1.29 is 37.6 Å². The van der Waals surface area contributed by atoms with Crippen LogP contribution in [0.2, 0.25) is 0 Å². The van der Waals surface area contributed by atoms with Crippen LogP contribution < -0.4 is 5.73 Å². The summed E-state index contributed by atoms with van der Waals surface area (Å²) in [6, 6.07) is 0. The van der Waals surface area contributed by atoms with E-state index in [0.717, 1.165) is 89.9 Å². The van der Waals surface area contributed by atoms with Crippen LogP contribution >= 0.6 is 7.82 Å². The molecular weight excluding hydrogens is 990 g/mol. The quantitative estimate of drug-likeness (QED) is 0.0264. The monoisotopic (exact) mass is 1110 g/mol. The number of carbonyl (C=O) groups is 2. The maximum atomic E-state index is 12.7. The van der Waals surface area contributed by atoms with Gasteiger partial charge in [-0.1, -0.05) is 304 Å². The van der Waals surface area contributed by atoms with Crippen molar-refractivity contribution in [3.05, 3.63) is 85.1 Å². The molecule has 0 amide bonds. The summed E-state index contributed by atoms with van der Waals surface area (Å²) in [4.78, 5) is 35.3. The van der Waals surface area contributed by atoms with E-state index in [1.807, 2.05) is 0 Å². The minimum Gasteiger partial charge on any atom is -0.462 e. The van der Waals surface area contributed by atoms with Gasteiger partial charge in [0.15, 0.2) is 6.10 Å². The van der Waals surface area contributed by atoms with Crippen LogP contribution in [0.3, 0.4) is 0 Å². The van der Waals surface area contributed by atoms with Gasteiger partial charge < -0.3 is 20.1 Å². The smallest absolute Gasteiger partial charge is 0.462 e. The minimum atomic E-state index is -4.40. The fourth-order valence-corrected chi connectivity index (χ4v) is 10.0. The molecule has 0 aliphatic heterocycles. The Morgan fingerprint density at radius 2 is 0.705 bits per heavy atom. The van der Waals surface area contributed by atoms with Crippen LogP contribution in [0.5, 0.6) is 0 Å². The average molecular weight is 1110 g/mol. The predicted molar refractivity (Wildman–Crippen MR) is 335 cm³/mol. The Morgan fingerprint density at radius 3 is 1.05 bits per heavy atom. The lowest BCUT2D eigenvalue weighted by Crippen LogP contribution is -2.29. The lowest BCUT2D eigenvalue weighted by Gasteiger charge is -2.19. The lowest BCUT2D eigenvalue weighted by atomic mass is 10.0. The van der Waals surface area contributed by atoms with Gasteiger partial charge in [0.2, 0.25) is 0 Å². The highest BCUT2D eigenvalue weighted by molar-refractivity contribution is 7.47. The normalized spacial score (nSPS) is 13.5. The van der Waals surface area contributed by atoms with Gasteiger partial charge in [-0.15, -0.1) is 0 Å². The molecule has 0 saturated heterocycles. The van der Waals surface area contributed by atoms with Crippen molar-refractivity contribution in [1.29, 1.82) is 0 Å². The van der Waals surface area contributed by atoms with Crippen LogP contribution in [0, 0.1) is 0 Å². The summed E-state index contributed by atoms with van der Waals surface area (Å²) in [5, 5.41) is 0. The third kappa shape index (κ3) is 62.4. The van der Waals surface area contributed by atoms with Crippen molar-refractivity contribution >= 4 is 19.8 Å². The highest BCUT2D eigenvalue weighted by atomic mass is 31.2. The van der Waals surface area contributed by atoms with Crippen LogP contribution in [-0.4, -0.2) is 49.3 Å². The first-order valence-electron chi connectivity index (χ1n) is 32.6. The molecular formula is C68H122NO8P. The molecule has 3 N–H and O–H groups in total. The third-order valence-corrected chi connectivity index (χ3v) is 15.0. The Bertz CT molecular complexity index is 1550. The van der Waals surface area contributed by atoms with Gasteiger partial charge in [-0.3, -0.25) is 18.6 Å². The molecule has 0 spiro atoms. The number of carbonyl (C=O) groups excluding carboxylic acids is 2. The van der Waals surface area contributed by atoms with Crippen molar-refractivity contribution in [2.75, 3.05) is 26.4 Å². The van der Waals surface area contributed by atoms with Crippen LogP contribution in [0.25, 0.3) is 0 Å². The molecule has 9 nitrogen and oxygen atoms in total. The summed E-state index contributed by atoms with van der Waals surface area (Å²) in [5.74, 6) is -0.825. The van der Waals surface area contributed by atoms with Gasteiger partial charge in [-0.2, -0.15) is 0 Å². The van der Waals surface area contributed by atoms with Gasteiger partial charge in [0.1, 0.15) is 6.61 Å². The summed E-state index contributed by atoms with van der Waals surface area (Å²) in [6.07, 6.45) is 83.7. The Kier molecular flexibility index (Phi) is 61.1. The number of allylic oxidation sites excluding steroid dienone is 14. The first kappa shape index (κ1) is 75.2. The molecule has 10 heteroatoms. The highest BCUT2D eigenvalue weighted by Gasteiger charge is 2.26. The maximum absolute atomic E-state index is 12.7.